The van der Waals surface area contributed by atoms with Gasteiger partial charge >= 0.3 is 12.0 Å². The molecule has 6 nitrogen and oxygen atoms in total. The fraction of sp³-hybridized carbons (Fsp3) is 0.846. The second-order valence-electron chi connectivity index (χ2n) is 5.37. The first kappa shape index (κ1) is 15.8. The zero-order valence-corrected chi connectivity index (χ0v) is 12.0. The highest BCUT2D eigenvalue weighted by molar-refractivity contribution is 5.80. The van der Waals surface area contributed by atoms with Crippen LogP contribution in [0.1, 0.15) is 26.7 Å². The molecule has 0 atom stereocenters. The van der Waals surface area contributed by atoms with Crippen molar-refractivity contribution in [2.24, 2.45) is 5.92 Å². The van der Waals surface area contributed by atoms with E-state index in [1.807, 2.05) is 13.8 Å². The highest BCUT2D eigenvalue weighted by Crippen LogP contribution is 2.15. The van der Waals surface area contributed by atoms with Crippen molar-refractivity contribution in [1.82, 2.24) is 9.80 Å². The summed E-state index contributed by atoms with van der Waals surface area (Å²) in [5.41, 5.74) is 0. The van der Waals surface area contributed by atoms with E-state index >= 15 is 0 Å². The third-order valence-corrected chi connectivity index (χ3v) is 3.23. The fourth-order valence-electron chi connectivity index (χ4n) is 2.30. The Morgan fingerprint density at radius 2 is 1.95 bits per heavy atom. The van der Waals surface area contributed by atoms with Crippen LogP contribution in [-0.2, 0) is 9.53 Å². The lowest BCUT2D eigenvalue weighted by Gasteiger charge is -2.35. The van der Waals surface area contributed by atoms with Crippen molar-refractivity contribution in [1.29, 1.82) is 0 Å². The van der Waals surface area contributed by atoms with E-state index in [2.05, 4.69) is 0 Å². The van der Waals surface area contributed by atoms with Crippen molar-refractivity contribution in [2.75, 3.05) is 33.3 Å². The Bertz CT molecular complexity index is 312. The largest absolute Gasteiger partial charge is 0.480 e. The Hall–Kier alpha value is -1.30. The van der Waals surface area contributed by atoms with Crippen LogP contribution in [0.3, 0.4) is 0 Å². The summed E-state index contributed by atoms with van der Waals surface area (Å²) in [6.07, 6.45) is 1.83. The lowest BCUT2D eigenvalue weighted by molar-refractivity contribution is -0.137. The fourth-order valence-corrected chi connectivity index (χ4v) is 2.30. The van der Waals surface area contributed by atoms with Crippen LogP contribution in [0.4, 0.5) is 4.79 Å². The molecule has 1 aliphatic rings. The highest BCUT2D eigenvalue weighted by atomic mass is 16.5. The Balaban J connectivity index is 2.58. The van der Waals surface area contributed by atoms with Crippen molar-refractivity contribution in [2.45, 2.75) is 32.8 Å². The lowest BCUT2D eigenvalue weighted by atomic mass is 10.1. The SMILES string of the molecule is COC1CCN(C(=O)N(CC(=O)O)CC(C)C)CC1. The second-order valence-corrected chi connectivity index (χ2v) is 5.37. The van der Waals surface area contributed by atoms with Crippen molar-refractivity contribution < 1.29 is 19.4 Å². The molecule has 1 aliphatic heterocycles. The van der Waals surface area contributed by atoms with Crippen molar-refractivity contribution in [3.8, 4) is 0 Å². The molecule has 0 aromatic rings. The molecule has 0 spiro atoms. The van der Waals surface area contributed by atoms with Gasteiger partial charge < -0.3 is 19.6 Å². The molecule has 1 N–H and O–H groups in total. The van der Waals surface area contributed by atoms with E-state index < -0.39 is 5.97 Å². The first-order valence-electron chi connectivity index (χ1n) is 6.72. The number of carboxylic acids is 1. The van der Waals surface area contributed by atoms with Gasteiger partial charge in [0.25, 0.3) is 0 Å². The van der Waals surface area contributed by atoms with Gasteiger partial charge in [-0.1, -0.05) is 13.8 Å². The van der Waals surface area contributed by atoms with Crippen LogP contribution >= 0.6 is 0 Å². The number of amides is 2. The number of urea groups is 1. The summed E-state index contributed by atoms with van der Waals surface area (Å²) in [5.74, 6) is -0.722. The van der Waals surface area contributed by atoms with Crippen molar-refractivity contribution in [3.05, 3.63) is 0 Å². The third kappa shape index (κ3) is 5.06. The molecule has 0 aromatic heterocycles. The van der Waals surface area contributed by atoms with Gasteiger partial charge in [-0.05, 0) is 18.8 Å². The summed E-state index contributed by atoms with van der Waals surface area (Å²) in [7, 11) is 1.68. The number of hydrogen-bond donors (Lipinski definition) is 1. The maximum absolute atomic E-state index is 12.3. The summed E-state index contributed by atoms with van der Waals surface area (Å²) >= 11 is 0. The van der Waals surface area contributed by atoms with E-state index in [1.54, 1.807) is 12.0 Å². The topological polar surface area (TPSA) is 70.1 Å². The van der Waals surface area contributed by atoms with Crippen LogP contribution in [0.5, 0.6) is 0 Å². The number of nitrogens with zero attached hydrogens (tertiary/aromatic N) is 2. The summed E-state index contributed by atoms with van der Waals surface area (Å²) in [6.45, 7) is 5.44. The molecule has 1 fully saturated rings. The van der Waals surface area contributed by atoms with E-state index in [1.165, 1.54) is 4.90 Å². The van der Waals surface area contributed by atoms with Gasteiger partial charge in [-0.15, -0.1) is 0 Å². The van der Waals surface area contributed by atoms with Gasteiger partial charge in [0, 0.05) is 26.7 Å². The molecule has 6 heteroatoms. The normalized spacial score (nSPS) is 16.7. The Kier molecular flexibility index (Phi) is 6.08. The van der Waals surface area contributed by atoms with Gasteiger partial charge in [-0.3, -0.25) is 4.79 Å². The molecule has 0 aliphatic carbocycles. The highest BCUT2D eigenvalue weighted by Gasteiger charge is 2.27. The summed E-state index contributed by atoms with van der Waals surface area (Å²) < 4.78 is 5.26. The molecular weight excluding hydrogens is 248 g/mol. The summed E-state index contributed by atoms with van der Waals surface area (Å²) in [4.78, 5) is 26.3. The molecule has 0 radical (unpaired) electrons. The van der Waals surface area contributed by atoms with Crippen LogP contribution < -0.4 is 0 Å². The van der Waals surface area contributed by atoms with E-state index in [0.29, 0.717) is 19.6 Å². The van der Waals surface area contributed by atoms with Crippen LogP contribution in [0.25, 0.3) is 0 Å². The first-order chi connectivity index (χ1) is 8.93. The van der Waals surface area contributed by atoms with Gasteiger partial charge in [0.05, 0.1) is 6.10 Å². The third-order valence-electron chi connectivity index (χ3n) is 3.23. The number of carbonyl (C=O) groups is 2. The van der Waals surface area contributed by atoms with Crippen molar-refractivity contribution >= 4 is 12.0 Å². The molecule has 0 saturated carbocycles. The molecule has 0 unspecified atom stereocenters. The van der Waals surface area contributed by atoms with E-state index in [-0.39, 0.29) is 24.6 Å². The second kappa shape index (κ2) is 7.33. The molecule has 1 rings (SSSR count). The van der Waals surface area contributed by atoms with Crippen LogP contribution in [0.2, 0.25) is 0 Å². The molecule has 19 heavy (non-hydrogen) atoms. The minimum atomic E-state index is -0.972. The molecular formula is C13H24N2O4. The van der Waals surface area contributed by atoms with Gasteiger partial charge in [0.2, 0.25) is 0 Å². The number of carboxylic acid groups (broad SMARTS) is 1. The molecule has 0 bridgehead atoms. The maximum Gasteiger partial charge on any atom is 0.323 e. The zero-order chi connectivity index (χ0) is 14.4. The smallest absolute Gasteiger partial charge is 0.323 e. The minimum Gasteiger partial charge on any atom is -0.480 e. The number of carbonyl (C=O) groups excluding carboxylic acids is 1. The number of piperidine rings is 1. The molecule has 1 saturated heterocycles. The minimum absolute atomic E-state index is 0.175. The van der Waals surface area contributed by atoms with Crippen LogP contribution in [0.15, 0.2) is 0 Å². The molecule has 2 amide bonds. The lowest BCUT2D eigenvalue weighted by Crippen LogP contribution is -2.50. The van der Waals surface area contributed by atoms with E-state index in [9.17, 15) is 9.59 Å². The number of ether oxygens (including phenoxy) is 1. The number of aliphatic carboxylic acids is 1. The van der Waals surface area contributed by atoms with Gasteiger partial charge in [0.1, 0.15) is 6.54 Å². The summed E-state index contributed by atoms with van der Waals surface area (Å²) in [5, 5.41) is 8.89. The van der Waals surface area contributed by atoms with E-state index in [0.717, 1.165) is 12.8 Å². The van der Waals surface area contributed by atoms with Crippen LogP contribution in [-0.4, -0.2) is 66.3 Å². The van der Waals surface area contributed by atoms with Gasteiger partial charge in [-0.2, -0.15) is 0 Å². The monoisotopic (exact) mass is 272 g/mol. The first-order valence-corrected chi connectivity index (χ1v) is 6.72. The van der Waals surface area contributed by atoms with Gasteiger partial charge in [0.15, 0.2) is 0 Å². The number of likely N-dealkylation sites (tertiary alicyclic amines) is 1. The zero-order valence-electron chi connectivity index (χ0n) is 12.0. The Morgan fingerprint density at radius 1 is 1.37 bits per heavy atom. The Morgan fingerprint density at radius 3 is 2.37 bits per heavy atom. The molecule has 110 valence electrons. The van der Waals surface area contributed by atoms with Crippen molar-refractivity contribution in [3.63, 3.8) is 0 Å². The standard InChI is InChI=1S/C13H24N2O4/c1-10(2)8-15(9-12(16)17)13(18)14-6-4-11(19-3)5-7-14/h10-11H,4-9H2,1-3H3,(H,16,17). The average Bonchev–Trinajstić information content (AvgIpc) is 2.36. The maximum atomic E-state index is 12.3. The van der Waals surface area contributed by atoms with Gasteiger partial charge in [-0.25, -0.2) is 4.79 Å². The Labute approximate surface area is 114 Å². The predicted molar refractivity (Wildman–Crippen MR) is 71.0 cm³/mol. The number of methoxy groups -OCH3 is 1. The van der Waals surface area contributed by atoms with E-state index in [4.69, 9.17) is 9.84 Å². The van der Waals surface area contributed by atoms with Crippen LogP contribution in [0, 0.1) is 5.92 Å². The number of hydrogen-bond acceptors (Lipinski definition) is 3. The summed E-state index contributed by atoms with van der Waals surface area (Å²) in [6, 6.07) is -0.175. The average molecular weight is 272 g/mol. The number of rotatable bonds is 5. The molecule has 1 heterocycles. The quantitative estimate of drug-likeness (QED) is 0.818. The predicted octanol–water partition coefficient (Wildman–Crippen LogP) is 1.26. The molecule has 0 aromatic carbocycles.